The molecule has 0 spiro atoms. The van der Waals surface area contributed by atoms with Crippen LogP contribution in [0.4, 0.5) is 10.5 Å². The van der Waals surface area contributed by atoms with Crippen LogP contribution in [0, 0.1) is 0 Å². The molecule has 120 valence electrons. The van der Waals surface area contributed by atoms with Gasteiger partial charge in [0.1, 0.15) is 5.75 Å². The van der Waals surface area contributed by atoms with Crippen LogP contribution < -0.4 is 10.1 Å². The third-order valence-electron chi connectivity index (χ3n) is 3.78. The molecule has 2 N–H and O–H groups in total. The summed E-state index contributed by atoms with van der Waals surface area (Å²) in [5.41, 5.74) is 0.193. The van der Waals surface area contributed by atoms with Crippen molar-refractivity contribution in [3.8, 4) is 5.75 Å². The van der Waals surface area contributed by atoms with E-state index in [1.807, 2.05) is 0 Å². The van der Waals surface area contributed by atoms with Gasteiger partial charge in [0.15, 0.2) is 0 Å². The minimum absolute atomic E-state index is 0.0247. The Morgan fingerprint density at radius 2 is 2.05 bits per heavy atom. The summed E-state index contributed by atoms with van der Waals surface area (Å²) in [5.74, 6) is 0.155. The number of fused-ring (bicyclic) bond motifs is 2. The first kappa shape index (κ1) is 15.1. The van der Waals surface area contributed by atoms with Crippen molar-refractivity contribution in [1.29, 1.82) is 0 Å². The minimum atomic E-state index is -3.64. The number of nitrogens with one attached hydrogen (secondary N) is 1. The van der Waals surface area contributed by atoms with Crippen LogP contribution in [0.2, 0.25) is 0 Å². The number of benzene rings is 1. The van der Waals surface area contributed by atoms with E-state index in [1.54, 1.807) is 0 Å². The predicted molar refractivity (Wildman–Crippen MR) is 76.7 cm³/mol. The molecule has 2 atom stereocenters. The van der Waals surface area contributed by atoms with Crippen molar-refractivity contribution in [2.75, 3.05) is 25.5 Å². The Morgan fingerprint density at radius 3 is 2.59 bits per heavy atom. The second-order valence-electron chi connectivity index (χ2n) is 5.23. The summed E-state index contributed by atoms with van der Waals surface area (Å²) < 4.78 is 37.2. The molecule has 9 heteroatoms. The molecule has 1 aromatic rings. The highest BCUT2D eigenvalue weighted by molar-refractivity contribution is 7.89. The average molecular weight is 328 g/mol. The normalized spacial score (nSPS) is 24.4. The van der Waals surface area contributed by atoms with E-state index in [-0.39, 0.29) is 28.5 Å². The standard InChI is InChI=1S/C13H16N2O6S/c1-20-12-5-10(2-3-11(12)14-13(16)17)22(18,19)15-6-8-4-9(7-15)21-8/h2-3,5,8-9,14H,4,6-7H2,1H3,(H,16,17). The Balaban J connectivity index is 1.88. The zero-order valence-corrected chi connectivity index (χ0v) is 12.7. The molecule has 3 heterocycles. The van der Waals surface area contributed by atoms with Crippen LogP contribution >= 0.6 is 0 Å². The van der Waals surface area contributed by atoms with Gasteiger partial charge in [-0.05, 0) is 12.1 Å². The van der Waals surface area contributed by atoms with Gasteiger partial charge in [0.2, 0.25) is 10.0 Å². The SMILES string of the molecule is COc1cc(S(=O)(=O)N2CC3CC(C2)O3)ccc1NC(=O)O. The molecule has 0 aliphatic carbocycles. The number of hydrogen-bond acceptors (Lipinski definition) is 5. The van der Waals surface area contributed by atoms with Gasteiger partial charge in [-0.3, -0.25) is 5.32 Å². The number of ether oxygens (including phenoxy) is 2. The van der Waals surface area contributed by atoms with E-state index in [9.17, 15) is 13.2 Å². The van der Waals surface area contributed by atoms with Crippen LogP contribution in [-0.4, -0.2) is 56.3 Å². The first-order valence-corrected chi connectivity index (χ1v) is 8.18. The Labute approximate surface area is 127 Å². The molecular weight excluding hydrogens is 312 g/mol. The van der Waals surface area contributed by atoms with Crippen LogP contribution in [0.3, 0.4) is 0 Å². The molecule has 3 saturated heterocycles. The number of carbonyl (C=O) groups is 1. The highest BCUT2D eigenvalue weighted by Gasteiger charge is 2.43. The van der Waals surface area contributed by atoms with Crippen molar-refractivity contribution >= 4 is 21.8 Å². The molecule has 22 heavy (non-hydrogen) atoms. The van der Waals surface area contributed by atoms with Crippen molar-refractivity contribution < 1.29 is 27.8 Å². The molecule has 3 aliphatic heterocycles. The van der Waals surface area contributed by atoms with Gasteiger partial charge in [0.05, 0.1) is 29.9 Å². The summed E-state index contributed by atoms with van der Waals surface area (Å²) in [6.07, 6.45) is -0.398. The lowest BCUT2D eigenvalue weighted by molar-refractivity contribution is -0.164. The van der Waals surface area contributed by atoms with Gasteiger partial charge >= 0.3 is 6.09 Å². The number of methoxy groups -OCH3 is 1. The number of morpholine rings is 1. The molecule has 1 aromatic carbocycles. The first-order chi connectivity index (χ1) is 10.4. The summed E-state index contributed by atoms with van der Waals surface area (Å²) in [5, 5.41) is 10.9. The molecule has 3 fully saturated rings. The smallest absolute Gasteiger partial charge is 0.409 e. The maximum atomic E-state index is 12.6. The van der Waals surface area contributed by atoms with E-state index in [0.29, 0.717) is 13.1 Å². The molecule has 2 unspecified atom stereocenters. The second-order valence-corrected chi connectivity index (χ2v) is 7.17. The van der Waals surface area contributed by atoms with E-state index >= 15 is 0 Å². The van der Waals surface area contributed by atoms with Crippen LogP contribution in [0.25, 0.3) is 0 Å². The molecular formula is C13H16N2O6S. The minimum Gasteiger partial charge on any atom is -0.495 e. The Hall–Kier alpha value is -1.84. The van der Waals surface area contributed by atoms with Crippen molar-refractivity contribution in [1.82, 2.24) is 4.31 Å². The van der Waals surface area contributed by atoms with Crippen LogP contribution in [0.5, 0.6) is 5.75 Å². The van der Waals surface area contributed by atoms with Crippen molar-refractivity contribution in [3.63, 3.8) is 0 Å². The summed E-state index contributed by atoms with van der Waals surface area (Å²) in [6.45, 7) is 0.687. The number of anilines is 1. The third kappa shape index (κ3) is 2.62. The fraction of sp³-hybridized carbons (Fsp3) is 0.462. The third-order valence-corrected chi connectivity index (χ3v) is 5.61. The lowest BCUT2D eigenvalue weighted by Crippen LogP contribution is -2.58. The largest absolute Gasteiger partial charge is 0.495 e. The van der Waals surface area contributed by atoms with Gasteiger partial charge < -0.3 is 14.6 Å². The lowest BCUT2D eigenvalue weighted by atomic mass is 10.0. The average Bonchev–Trinajstić information content (AvgIpc) is 2.46. The first-order valence-electron chi connectivity index (χ1n) is 6.74. The summed E-state index contributed by atoms with van der Waals surface area (Å²) >= 11 is 0. The van der Waals surface area contributed by atoms with E-state index in [1.165, 1.54) is 29.6 Å². The highest BCUT2D eigenvalue weighted by atomic mass is 32.2. The number of nitrogens with zero attached hydrogens (tertiary/aromatic N) is 1. The molecule has 0 aromatic heterocycles. The van der Waals surface area contributed by atoms with E-state index in [0.717, 1.165) is 6.42 Å². The van der Waals surface area contributed by atoms with Crippen LogP contribution in [-0.2, 0) is 14.8 Å². The predicted octanol–water partition coefficient (Wildman–Crippen LogP) is 0.947. The van der Waals surface area contributed by atoms with Crippen molar-refractivity contribution in [2.24, 2.45) is 0 Å². The number of carboxylic acid groups (broad SMARTS) is 1. The number of piperidine rings is 1. The zero-order chi connectivity index (χ0) is 15.9. The monoisotopic (exact) mass is 328 g/mol. The molecule has 1 amide bonds. The number of hydrogen-bond donors (Lipinski definition) is 2. The molecule has 3 aliphatic rings. The molecule has 8 nitrogen and oxygen atoms in total. The molecule has 0 saturated carbocycles. The van der Waals surface area contributed by atoms with Gasteiger partial charge in [-0.2, -0.15) is 4.31 Å². The quantitative estimate of drug-likeness (QED) is 0.852. The van der Waals surface area contributed by atoms with Gasteiger partial charge in [-0.15, -0.1) is 0 Å². The molecule has 4 rings (SSSR count). The van der Waals surface area contributed by atoms with Crippen molar-refractivity contribution in [3.05, 3.63) is 18.2 Å². The summed E-state index contributed by atoms with van der Waals surface area (Å²) in [4.78, 5) is 10.8. The zero-order valence-electron chi connectivity index (χ0n) is 11.9. The lowest BCUT2D eigenvalue weighted by Gasteiger charge is -2.46. The van der Waals surface area contributed by atoms with Crippen LogP contribution in [0.1, 0.15) is 6.42 Å². The second kappa shape index (κ2) is 5.41. The Morgan fingerprint density at radius 1 is 1.41 bits per heavy atom. The summed E-state index contributed by atoms with van der Waals surface area (Å²) in [6, 6.07) is 4.06. The maximum absolute atomic E-state index is 12.6. The number of rotatable bonds is 4. The van der Waals surface area contributed by atoms with Gasteiger partial charge in [0.25, 0.3) is 0 Å². The number of amides is 1. The van der Waals surface area contributed by atoms with E-state index < -0.39 is 16.1 Å². The number of sulfonamides is 1. The van der Waals surface area contributed by atoms with E-state index in [4.69, 9.17) is 14.6 Å². The van der Waals surface area contributed by atoms with Gasteiger partial charge in [0, 0.05) is 25.6 Å². The van der Waals surface area contributed by atoms with E-state index in [2.05, 4.69) is 5.32 Å². The maximum Gasteiger partial charge on any atom is 0.409 e. The molecule has 2 bridgehead atoms. The Bertz CT molecular complexity index is 688. The topological polar surface area (TPSA) is 105 Å². The fourth-order valence-electron chi connectivity index (χ4n) is 2.71. The van der Waals surface area contributed by atoms with Crippen molar-refractivity contribution in [2.45, 2.75) is 23.5 Å². The fourth-order valence-corrected chi connectivity index (χ4v) is 4.23. The molecule has 0 radical (unpaired) electrons. The van der Waals surface area contributed by atoms with Crippen LogP contribution in [0.15, 0.2) is 23.1 Å². The van der Waals surface area contributed by atoms with Gasteiger partial charge in [-0.25, -0.2) is 13.2 Å². The highest BCUT2D eigenvalue weighted by Crippen LogP contribution is 2.34. The summed E-state index contributed by atoms with van der Waals surface area (Å²) in [7, 11) is -2.29. The van der Waals surface area contributed by atoms with Gasteiger partial charge in [-0.1, -0.05) is 0 Å². The Kier molecular flexibility index (Phi) is 3.71.